The molecule has 0 spiro atoms. The van der Waals surface area contributed by atoms with Gasteiger partial charge >= 0.3 is 0 Å². The van der Waals surface area contributed by atoms with Crippen LogP contribution < -0.4 is 10.1 Å². The summed E-state index contributed by atoms with van der Waals surface area (Å²) in [6.07, 6.45) is -2.79. The maximum absolute atomic E-state index is 11.5. The van der Waals surface area contributed by atoms with Crippen LogP contribution in [0.1, 0.15) is 37.0 Å². The van der Waals surface area contributed by atoms with Crippen molar-refractivity contribution in [1.29, 1.82) is 0 Å². The number of aliphatic hydroxyl groups is 3. The summed E-state index contributed by atoms with van der Waals surface area (Å²) in [6.45, 7) is 3.97. The quantitative estimate of drug-likeness (QED) is 0.282. The Hall–Kier alpha value is -2.59. The number of hydrogen-bond donors (Lipinski definition) is 4. The van der Waals surface area contributed by atoms with Gasteiger partial charge in [-0.3, -0.25) is 4.79 Å². The predicted molar refractivity (Wildman–Crippen MR) is 149 cm³/mol. The van der Waals surface area contributed by atoms with E-state index in [9.17, 15) is 20.1 Å². The Balaban J connectivity index is 1.47. The molecule has 9 heteroatoms. The van der Waals surface area contributed by atoms with Crippen molar-refractivity contribution in [3.8, 4) is 5.75 Å². The van der Waals surface area contributed by atoms with Crippen molar-refractivity contribution >= 4 is 35.0 Å². The first-order valence-electron chi connectivity index (χ1n) is 12.4. The van der Waals surface area contributed by atoms with E-state index in [-0.39, 0.29) is 12.3 Å². The maximum Gasteiger partial charge on any atom is 0.221 e. The first-order valence-corrected chi connectivity index (χ1v) is 13.8. The fourth-order valence-corrected chi connectivity index (χ4v) is 5.53. The second kappa shape index (κ2) is 12.5. The third kappa shape index (κ3) is 7.08. The molecule has 4 N–H and O–H groups in total. The summed E-state index contributed by atoms with van der Waals surface area (Å²) in [4.78, 5) is 12.1. The van der Waals surface area contributed by atoms with Gasteiger partial charge in [0.25, 0.3) is 0 Å². The highest BCUT2D eigenvalue weighted by Gasteiger charge is 2.46. The number of halogens is 1. The van der Waals surface area contributed by atoms with Crippen molar-refractivity contribution in [2.24, 2.45) is 0 Å². The third-order valence-electron chi connectivity index (χ3n) is 6.32. The molecule has 4 atom stereocenters. The normalized spacial score (nSPS) is 23.2. The standard InChI is InChI=1S/C29H32ClNO6S/c1-3-36-23-9-4-19(5-10-23)14-20-15-21(6-13-25(20)30)29(35)16-26(33)28(34)27(37-29)17-38-24-11-7-22(8-12-24)31-18(2)32/h4-13,15,26-28,33-35H,3,14,16-17H2,1-2H3,(H,31,32)/t26-,27-,28-,29+/m1/s1. The Bertz CT molecular complexity index is 1240. The van der Waals surface area contributed by atoms with E-state index in [4.69, 9.17) is 21.1 Å². The van der Waals surface area contributed by atoms with Crippen LogP contribution in [0.3, 0.4) is 0 Å². The molecule has 0 aliphatic carbocycles. The molecule has 0 unspecified atom stereocenters. The van der Waals surface area contributed by atoms with Crippen molar-refractivity contribution in [3.05, 3.63) is 88.4 Å². The van der Waals surface area contributed by atoms with Gasteiger partial charge in [-0.15, -0.1) is 11.8 Å². The molecule has 1 heterocycles. The van der Waals surface area contributed by atoms with Crippen LogP contribution >= 0.6 is 23.4 Å². The lowest BCUT2D eigenvalue weighted by Gasteiger charge is -2.42. The number of nitrogens with one attached hydrogen (secondary N) is 1. The first kappa shape index (κ1) is 28.4. The second-order valence-corrected chi connectivity index (χ2v) is 10.8. The average molecular weight is 558 g/mol. The topological polar surface area (TPSA) is 108 Å². The molecule has 202 valence electrons. The summed E-state index contributed by atoms with van der Waals surface area (Å²) in [5, 5.41) is 36.0. The largest absolute Gasteiger partial charge is 0.494 e. The number of rotatable bonds is 9. The zero-order chi connectivity index (χ0) is 27.3. The fourth-order valence-electron chi connectivity index (χ4n) is 4.40. The van der Waals surface area contributed by atoms with Gasteiger partial charge in [-0.05, 0) is 73.0 Å². The van der Waals surface area contributed by atoms with Gasteiger partial charge in [0.2, 0.25) is 5.91 Å². The van der Waals surface area contributed by atoms with Crippen LogP contribution in [0.5, 0.6) is 5.75 Å². The molecule has 1 aliphatic rings. The highest BCUT2D eigenvalue weighted by Crippen LogP contribution is 2.39. The minimum atomic E-state index is -1.79. The highest BCUT2D eigenvalue weighted by molar-refractivity contribution is 7.99. The Labute approximate surface area is 231 Å². The number of benzene rings is 3. The molecule has 1 saturated heterocycles. The van der Waals surface area contributed by atoms with Crippen molar-refractivity contribution in [3.63, 3.8) is 0 Å². The molecule has 0 radical (unpaired) electrons. The number of ether oxygens (including phenoxy) is 2. The number of anilines is 1. The SMILES string of the molecule is CCOc1ccc(Cc2cc([C@]3(O)C[C@@H](O)[C@@H](O)[C@@H](CSc4ccc(NC(C)=O)cc4)O3)ccc2Cl)cc1. The summed E-state index contributed by atoms with van der Waals surface area (Å²) in [5.41, 5.74) is 2.97. The molecule has 0 bridgehead atoms. The molecule has 0 saturated carbocycles. The van der Waals surface area contributed by atoms with Gasteiger partial charge in [0.05, 0.1) is 18.8 Å². The lowest BCUT2D eigenvalue weighted by molar-refractivity contribution is -0.303. The van der Waals surface area contributed by atoms with Gasteiger partial charge in [0, 0.05) is 40.3 Å². The minimum Gasteiger partial charge on any atom is -0.494 e. The van der Waals surface area contributed by atoms with E-state index < -0.39 is 24.1 Å². The Morgan fingerprint density at radius 3 is 2.50 bits per heavy atom. The Morgan fingerprint density at radius 2 is 1.84 bits per heavy atom. The summed E-state index contributed by atoms with van der Waals surface area (Å²) in [5.74, 6) is -0.854. The molecular weight excluding hydrogens is 526 g/mol. The van der Waals surface area contributed by atoms with Crippen LogP contribution in [0.2, 0.25) is 5.02 Å². The number of carbonyl (C=O) groups excluding carboxylic acids is 1. The van der Waals surface area contributed by atoms with Crippen LogP contribution in [-0.4, -0.2) is 51.9 Å². The second-order valence-electron chi connectivity index (χ2n) is 9.28. The molecule has 0 aromatic heterocycles. The van der Waals surface area contributed by atoms with Crippen LogP contribution in [0.15, 0.2) is 71.6 Å². The smallest absolute Gasteiger partial charge is 0.221 e. The molecule has 1 aliphatic heterocycles. The van der Waals surface area contributed by atoms with E-state index in [1.54, 1.807) is 30.3 Å². The molecule has 1 amide bonds. The highest BCUT2D eigenvalue weighted by atomic mass is 35.5. The van der Waals surface area contributed by atoms with Gasteiger partial charge in [-0.1, -0.05) is 29.8 Å². The van der Waals surface area contributed by atoms with E-state index in [0.29, 0.717) is 35.1 Å². The predicted octanol–water partition coefficient (Wildman–Crippen LogP) is 4.74. The lowest BCUT2D eigenvalue weighted by atomic mass is 9.90. The zero-order valence-corrected chi connectivity index (χ0v) is 22.8. The number of aliphatic hydroxyl groups excluding tert-OH is 2. The van der Waals surface area contributed by atoms with Gasteiger partial charge in [-0.2, -0.15) is 0 Å². The van der Waals surface area contributed by atoms with E-state index in [1.807, 2.05) is 43.3 Å². The molecule has 3 aromatic carbocycles. The van der Waals surface area contributed by atoms with Crippen molar-refractivity contribution in [2.75, 3.05) is 17.7 Å². The molecule has 7 nitrogen and oxygen atoms in total. The fraction of sp³-hybridized carbons (Fsp3) is 0.345. The lowest BCUT2D eigenvalue weighted by Crippen LogP contribution is -2.54. The molecule has 3 aromatic rings. The van der Waals surface area contributed by atoms with Crippen LogP contribution in [-0.2, 0) is 21.7 Å². The number of amides is 1. The minimum absolute atomic E-state index is 0.151. The van der Waals surface area contributed by atoms with Gasteiger partial charge in [0.15, 0.2) is 5.79 Å². The summed E-state index contributed by atoms with van der Waals surface area (Å²) in [7, 11) is 0. The van der Waals surface area contributed by atoms with Crippen molar-refractivity contribution in [1.82, 2.24) is 0 Å². The van der Waals surface area contributed by atoms with Crippen LogP contribution in [0.4, 0.5) is 5.69 Å². The monoisotopic (exact) mass is 557 g/mol. The average Bonchev–Trinajstić information content (AvgIpc) is 2.88. The summed E-state index contributed by atoms with van der Waals surface area (Å²) in [6, 6.07) is 20.2. The van der Waals surface area contributed by atoms with Crippen LogP contribution in [0, 0.1) is 0 Å². The van der Waals surface area contributed by atoms with E-state index in [1.165, 1.54) is 18.7 Å². The number of thioether (sulfide) groups is 1. The van der Waals surface area contributed by atoms with E-state index in [2.05, 4.69) is 5.32 Å². The van der Waals surface area contributed by atoms with E-state index in [0.717, 1.165) is 21.8 Å². The molecular formula is C29H32ClNO6S. The van der Waals surface area contributed by atoms with Crippen LogP contribution in [0.25, 0.3) is 0 Å². The summed E-state index contributed by atoms with van der Waals surface area (Å²) < 4.78 is 11.5. The van der Waals surface area contributed by atoms with E-state index >= 15 is 0 Å². The molecule has 38 heavy (non-hydrogen) atoms. The summed E-state index contributed by atoms with van der Waals surface area (Å²) >= 11 is 7.90. The first-order chi connectivity index (χ1) is 18.2. The Kier molecular flexibility index (Phi) is 9.36. The van der Waals surface area contributed by atoms with Gasteiger partial charge in [0.1, 0.15) is 11.9 Å². The van der Waals surface area contributed by atoms with Crippen molar-refractivity contribution in [2.45, 2.75) is 55.7 Å². The molecule has 4 rings (SSSR count). The Morgan fingerprint density at radius 1 is 1.13 bits per heavy atom. The third-order valence-corrected chi connectivity index (χ3v) is 7.79. The van der Waals surface area contributed by atoms with Gasteiger partial charge < -0.3 is 30.1 Å². The maximum atomic E-state index is 11.5. The van der Waals surface area contributed by atoms with Gasteiger partial charge in [-0.25, -0.2) is 0 Å². The molecule has 1 fully saturated rings. The zero-order valence-electron chi connectivity index (χ0n) is 21.3. The number of carbonyl (C=O) groups is 1. The number of hydrogen-bond acceptors (Lipinski definition) is 7. The van der Waals surface area contributed by atoms with Crippen molar-refractivity contribution < 1.29 is 29.6 Å².